The highest BCUT2D eigenvalue weighted by molar-refractivity contribution is 5.90. The third kappa shape index (κ3) is 2.72. The second kappa shape index (κ2) is 5.35. The van der Waals surface area contributed by atoms with Gasteiger partial charge in [-0.25, -0.2) is 4.79 Å². The molecule has 102 valence electrons. The van der Waals surface area contributed by atoms with Crippen molar-refractivity contribution in [3.63, 3.8) is 0 Å². The normalized spacial score (nSPS) is 10.1. The Hall–Kier alpha value is -2.96. The van der Waals surface area contributed by atoms with E-state index >= 15 is 0 Å². The third-order valence-corrected chi connectivity index (χ3v) is 2.54. The number of ether oxygens (including phenoxy) is 1. The maximum absolute atomic E-state index is 11.0. The Balaban J connectivity index is 2.45. The van der Waals surface area contributed by atoms with Crippen molar-refractivity contribution in [1.29, 1.82) is 0 Å². The van der Waals surface area contributed by atoms with Crippen LogP contribution in [-0.4, -0.2) is 21.0 Å². The number of hydrogen-bond acceptors (Lipinski definition) is 5. The van der Waals surface area contributed by atoms with E-state index in [0.717, 1.165) is 6.20 Å². The summed E-state index contributed by atoms with van der Waals surface area (Å²) in [7, 11) is 0. The molecule has 0 fully saturated rings. The highest BCUT2D eigenvalue weighted by atomic mass is 16.6. The molecule has 0 amide bonds. The number of aryl methyl sites for hydroxylation is 1. The quantitative estimate of drug-likeness (QED) is 0.679. The van der Waals surface area contributed by atoms with Gasteiger partial charge < -0.3 is 9.84 Å². The van der Waals surface area contributed by atoms with Gasteiger partial charge in [0.2, 0.25) is 5.75 Å². The van der Waals surface area contributed by atoms with E-state index in [4.69, 9.17) is 9.84 Å². The molecule has 1 aromatic heterocycles. The Kier molecular flexibility index (Phi) is 3.60. The molecule has 2 aromatic rings. The maximum atomic E-state index is 11.0. The van der Waals surface area contributed by atoms with Crippen LogP contribution in [0.5, 0.6) is 11.5 Å². The molecule has 1 N–H and O–H groups in total. The third-order valence-electron chi connectivity index (χ3n) is 2.54. The number of carboxylic acids is 1. The number of nitro benzene ring substituents is 1. The topological polar surface area (TPSA) is 103 Å². The zero-order valence-corrected chi connectivity index (χ0v) is 10.4. The van der Waals surface area contributed by atoms with Crippen LogP contribution in [0.4, 0.5) is 5.69 Å². The minimum Gasteiger partial charge on any atom is -0.477 e. The van der Waals surface area contributed by atoms with Crippen molar-refractivity contribution in [2.75, 3.05) is 0 Å². The molecular weight excluding hydrogens is 264 g/mol. The van der Waals surface area contributed by atoms with Crippen LogP contribution in [0.25, 0.3) is 0 Å². The van der Waals surface area contributed by atoms with Crippen LogP contribution in [0, 0.1) is 17.0 Å². The minimum absolute atomic E-state index is 0.000506. The van der Waals surface area contributed by atoms with Crippen LogP contribution in [0.15, 0.2) is 36.7 Å². The van der Waals surface area contributed by atoms with Gasteiger partial charge in [-0.15, -0.1) is 0 Å². The molecule has 7 nitrogen and oxygen atoms in total. The van der Waals surface area contributed by atoms with Gasteiger partial charge in [-0.3, -0.25) is 15.1 Å². The predicted molar refractivity (Wildman–Crippen MR) is 69.1 cm³/mol. The Bertz CT molecular complexity index is 684. The summed E-state index contributed by atoms with van der Waals surface area (Å²) in [5.41, 5.74) is 0.317. The first-order chi connectivity index (χ1) is 9.49. The van der Waals surface area contributed by atoms with E-state index < -0.39 is 10.9 Å². The molecule has 0 radical (unpaired) electrons. The number of hydrogen-bond donors (Lipinski definition) is 1. The molecule has 0 aliphatic heterocycles. The monoisotopic (exact) mass is 274 g/mol. The van der Waals surface area contributed by atoms with Gasteiger partial charge >= 0.3 is 11.7 Å². The number of nitro groups is 1. The minimum atomic E-state index is -1.22. The van der Waals surface area contributed by atoms with Crippen molar-refractivity contribution in [3.05, 3.63) is 57.9 Å². The number of aromatic nitrogens is 1. The summed E-state index contributed by atoms with van der Waals surface area (Å²) in [6, 6.07) is 5.77. The highest BCUT2D eigenvalue weighted by Gasteiger charge is 2.19. The molecule has 1 heterocycles. The number of carboxylic acid groups (broad SMARTS) is 1. The first-order valence-corrected chi connectivity index (χ1v) is 5.59. The molecule has 0 unspecified atom stereocenters. The molecular formula is C13H10N2O5. The summed E-state index contributed by atoms with van der Waals surface area (Å²) in [6.45, 7) is 1.71. The van der Waals surface area contributed by atoms with Crippen molar-refractivity contribution < 1.29 is 19.6 Å². The Morgan fingerprint density at radius 1 is 1.35 bits per heavy atom. The van der Waals surface area contributed by atoms with Crippen molar-refractivity contribution in [2.24, 2.45) is 0 Å². The summed E-state index contributed by atoms with van der Waals surface area (Å²) < 4.78 is 5.36. The highest BCUT2D eigenvalue weighted by Crippen LogP contribution is 2.33. The summed E-state index contributed by atoms with van der Waals surface area (Å²) in [5, 5.41) is 20.0. The summed E-state index contributed by atoms with van der Waals surface area (Å²) in [4.78, 5) is 25.1. The van der Waals surface area contributed by atoms with E-state index in [9.17, 15) is 14.9 Å². The lowest BCUT2D eigenvalue weighted by molar-refractivity contribution is -0.385. The van der Waals surface area contributed by atoms with Crippen LogP contribution < -0.4 is 4.74 Å². The molecule has 0 saturated heterocycles. The number of rotatable bonds is 4. The summed E-state index contributed by atoms with van der Waals surface area (Å²) >= 11 is 0. The lowest BCUT2D eigenvalue weighted by Crippen LogP contribution is -2.01. The molecule has 0 saturated carbocycles. The molecule has 20 heavy (non-hydrogen) atoms. The molecule has 0 bridgehead atoms. The second-order valence-corrected chi connectivity index (χ2v) is 4.01. The zero-order chi connectivity index (χ0) is 14.7. The molecule has 0 atom stereocenters. The fraction of sp³-hybridized carbons (Fsp3) is 0.0769. The van der Waals surface area contributed by atoms with Gasteiger partial charge in [0.15, 0.2) is 0 Å². The van der Waals surface area contributed by atoms with Gasteiger partial charge in [-0.05, 0) is 18.6 Å². The van der Waals surface area contributed by atoms with Crippen LogP contribution >= 0.6 is 0 Å². The average molecular weight is 274 g/mol. The molecule has 0 aliphatic rings. The van der Waals surface area contributed by atoms with Crippen LogP contribution in [0.1, 0.15) is 15.9 Å². The van der Waals surface area contributed by atoms with Crippen LogP contribution in [0.2, 0.25) is 0 Å². The smallest absolute Gasteiger partial charge is 0.341 e. The standard InChI is InChI=1S/C13H10N2O5/c1-8-2-3-12(10(6-8)15(18)19)20-11-4-5-14-7-9(11)13(16)17/h2-7H,1H3,(H,16,17). The fourth-order valence-corrected chi connectivity index (χ4v) is 1.61. The lowest BCUT2D eigenvalue weighted by Gasteiger charge is -2.08. The average Bonchev–Trinajstić information content (AvgIpc) is 2.41. The Labute approximate surface area is 113 Å². The number of aromatic carboxylic acids is 1. The Morgan fingerprint density at radius 3 is 2.75 bits per heavy atom. The van der Waals surface area contributed by atoms with E-state index in [-0.39, 0.29) is 22.7 Å². The lowest BCUT2D eigenvalue weighted by atomic mass is 10.2. The molecule has 1 aromatic carbocycles. The SMILES string of the molecule is Cc1ccc(Oc2ccncc2C(=O)O)c([N+](=O)[O-])c1. The number of nitrogens with zero attached hydrogens (tertiary/aromatic N) is 2. The summed E-state index contributed by atoms with van der Waals surface area (Å²) in [5.74, 6) is -1.24. The van der Waals surface area contributed by atoms with Crippen molar-refractivity contribution in [2.45, 2.75) is 6.92 Å². The van der Waals surface area contributed by atoms with Gasteiger partial charge in [0.1, 0.15) is 11.3 Å². The van der Waals surface area contributed by atoms with Gasteiger partial charge in [0.05, 0.1) is 4.92 Å². The molecule has 0 spiro atoms. The van der Waals surface area contributed by atoms with Crippen LogP contribution in [-0.2, 0) is 0 Å². The van der Waals surface area contributed by atoms with Gasteiger partial charge in [0.25, 0.3) is 0 Å². The van der Waals surface area contributed by atoms with E-state index in [1.54, 1.807) is 13.0 Å². The number of pyridine rings is 1. The van der Waals surface area contributed by atoms with E-state index in [2.05, 4.69) is 4.98 Å². The van der Waals surface area contributed by atoms with Crippen molar-refractivity contribution in [1.82, 2.24) is 4.98 Å². The molecule has 2 rings (SSSR count). The summed E-state index contributed by atoms with van der Waals surface area (Å²) in [6.07, 6.45) is 2.47. The van der Waals surface area contributed by atoms with E-state index in [1.165, 1.54) is 24.4 Å². The van der Waals surface area contributed by atoms with Gasteiger partial charge in [0, 0.05) is 24.5 Å². The maximum Gasteiger partial charge on any atom is 0.341 e. The predicted octanol–water partition coefficient (Wildman–Crippen LogP) is 2.79. The number of benzene rings is 1. The van der Waals surface area contributed by atoms with Crippen molar-refractivity contribution in [3.8, 4) is 11.5 Å². The van der Waals surface area contributed by atoms with E-state index in [1.807, 2.05) is 0 Å². The molecule has 7 heteroatoms. The largest absolute Gasteiger partial charge is 0.477 e. The van der Waals surface area contributed by atoms with Gasteiger partial charge in [-0.2, -0.15) is 0 Å². The van der Waals surface area contributed by atoms with Crippen molar-refractivity contribution >= 4 is 11.7 Å². The zero-order valence-electron chi connectivity index (χ0n) is 10.4. The van der Waals surface area contributed by atoms with Gasteiger partial charge in [-0.1, -0.05) is 6.07 Å². The van der Waals surface area contributed by atoms with Crippen LogP contribution in [0.3, 0.4) is 0 Å². The first-order valence-electron chi connectivity index (χ1n) is 5.59. The van der Waals surface area contributed by atoms with E-state index in [0.29, 0.717) is 5.56 Å². The number of carbonyl (C=O) groups is 1. The second-order valence-electron chi connectivity index (χ2n) is 4.01. The Morgan fingerprint density at radius 2 is 2.10 bits per heavy atom. The molecule has 0 aliphatic carbocycles. The fourth-order valence-electron chi connectivity index (χ4n) is 1.61. The first kappa shape index (κ1) is 13.5.